The Labute approximate surface area is 178 Å². The van der Waals surface area contributed by atoms with Crippen LogP contribution in [0.2, 0.25) is 0 Å². The zero-order valence-corrected chi connectivity index (χ0v) is 18.3. The number of thiazole rings is 1. The van der Waals surface area contributed by atoms with E-state index < -0.39 is 11.2 Å². The zero-order chi connectivity index (χ0) is 19.5. The lowest BCUT2D eigenvalue weighted by Gasteiger charge is -2.23. The number of pyridine rings is 1. The summed E-state index contributed by atoms with van der Waals surface area (Å²) in [5.74, 6) is 0.881. The van der Waals surface area contributed by atoms with Gasteiger partial charge in [-0.3, -0.25) is 5.10 Å². The van der Waals surface area contributed by atoms with Crippen LogP contribution in [0.1, 0.15) is 37.9 Å². The molecule has 0 saturated heterocycles. The second kappa shape index (κ2) is 6.80. The van der Waals surface area contributed by atoms with Crippen LogP contribution >= 0.6 is 22.7 Å². The number of hydrogen-bond acceptors (Lipinski definition) is 6. The van der Waals surface area contributed by atoms with Gasteiger partial charge in [0.15, 0.2) is 0 Å². The van der Waals surface area contributed by atoms with Crippen molar-refractivity contribution in [3.63, 3.8) is 0 Å². The Morgan fingerprint density at radius 3 is 2.90 bits per heavy atom. The van der Waals surface area contributed by atoms with Gasteiger partial charge in [-0.05, 0) is 38.7 Å². The minimum atomic E-state index is -1.03. The van der Waals surface area contributed by atoms with Crippen LogP contribution < -0.4 is 0 Å². The first-order valence-corrected chi connectivity index (χ1v) is 12.7. The molecule has 0 radical (unpaired) electrons. The van der Waals surface area contributed by atoms with Gasteiger partial charge in [0.05, 0.1) is 17.1 Å². The summed E-state index contributed by atoms with van der Waals surface area (Å²) in [4.78, 5) is 14.8. The molecule has 1 aliphatic carbocycles. The van der Waals surface area contributed by atoms with Gasteiger partial charge < -0.3 is 4.55 Å². The molecule has 1 aliphatic rings. The molecule has 29 heavy (non-hydrogen) atoms. The van der Waals surface area contributed by atoms with E-state index in [1.807, 2.05) is 23.0 Å². The number of nitrogens with zero attached hydrogens (tertiary/aromatic N) is 4. The molecule has 1 fully saturated rings. The number of fused-ring (bicyclic) bond motifs is 2. The van der Waals surface area contributed by atoms with E-state index in [-0.39, 0.29) is 5.25 Å². The van der Waals surface area contributed by atoms with Crippen molar-refractivity contribution in [2.75, 3.05) is 0 Å². The second-order valence-electron chi connectivity index (χ2n) is 7.53. The predicted octanol–water partition coefficient (Wildman–Crippen LogP) is 5.30. The maximum Gasteiger partial charge on any atom is 0.234 e. The van der Waals surface area contributed by atoms with Crippen molar-refractivity contribution in [3.8, 4) is 10.7 Å². The lowest BCUT2D eigenvalue weighted by atomic mass is 10.0. The van der Waals surface area contributed by atoms with Crippen LogP contribution in [-0.4, -0.2) is 34.4 Å². The molecule has 6 rings (SSSR count). The molecule has 1 N–H and O–H groups in total. The quantitative estimate of drug-likeness (QED) is 0.385. The number of hydrogen-bond donors (Lipinski definition) is 1. The van der Waals surface area contributed by atoms with Gasteiger partial charge in [-0.15, -0.1) is 11.3 Å². The molecule has 0 bridgehead atoms. The Morgan fingerprint density at radius 2 is 2.10 bits per heavy atom. The lowest BCUT2D eigenvalue weighted by Crippen LogP contribution is -2.23. The normalized spacial score (nSPS) is 17.0. The Kier molecular flexibility index (Phi) is 4.19. The molecule has 0 amide bonds. The molecule has 0 aliphatic heterocycles. The molecule has 5 aromatic rings. The van der Waals surface area contributed by atoms with Crippen molar-refractivity contribution in [1.29, 1.82) is 0 Å². The van der Waals surface area contributed by atoms with Crippen LogP contribution in [0.5, 0.6) is 0 Å². The van der Waals surface area contributed by atoms with Crippen LogP contribution in [0.3, 0.4) is 0 Å². The van der Waals surface area contributed by atoms with E-state index >= 15 is 0 Å². The third-order valence-electron chi connectivity index (χ3n) is 5.76. The summed E-state index contributed by atoms with van der Waals surface area (Å²) in [6.45, 7) is 1.98. The van der Waals surface area contributed by atoms with Gasteiger partial charge >= 0.3 is 0 Å². The standard InChI is InChI=1S/C20H19N5OS3/c1-11-22-10-15-13-9-14(18-21-7-8-27-18)23-19-16(13)17(24-25(11)15)20(28-19)29(26)12-5-3-2-4-6-12/h7-10,12,24H,2-6H2,1H3. The Bertz CT molecular complexity index is 1330. The van der Waals surface area contributed by atoms with Crippen molar-refractivity contribution in [2.24, 2.45) is 0 Å². The van der Waals surface area contributed by atoms with Gasteiger partial charge in [0, 0.05) is 28.1 Å². The number of H-pyrrole nitrogens is 1. The molecule has 1 atom stereocenters. The molecule has 6 nitrogen and oxygen atoms in total. The van der Waals surface area contributed by atoms with E-state index in [0.717, 1.165) is 60.2 Å². The summed E-state index contributed by atoms with van der Waals surface area (Å²) < 4.78 is 16.5. The highest BCUT2D eigenvalue weighted by Crippen LogP contribution is 2.42. The number of aromatic amines is 1. The molecular weight excluding hydrogens is 422 g/mol. The minimum Gasteiger partial charge on any atom is -0.611 e. The van der Waals surface area contributed by atoms with Crippen LogP contribution in [0.25, 0.3) is 37.3 Å². The number of rotatable bonds is 3. The third-order valence-corrected chi connectivity index (χ3v) is 9.82. The highest BCUT2D eigenvalue weighted by molar-refractivity contribution is 7.94. The molecule has 1 saturated carbocycles. The number of aryl methyl sites for hydroxylation is 1. The van der Waals surface area contributed by atoms with Crippen molar-refractivity contribution in [3.05, 3.63) is 29.7 Å². The Balaban J connectivity index is 1.65. The van der Waals surface area contributed by atoms with E-state index in [0.29, 0.717) is 0 Å². The minimum absolute atomic E-state index is 0.238. The second-order valence-corrected chi connectivity index (χ2v) is 11.4. The van der Waals surface area contributed by atoms with Gasteiger partial charge in [0.25, 0.3) is 0 Å². The Hall–Kier alpha value is -1.94. The van der Waals surface area contributed by atoms with Gasteiger partial charge in [-0.1, -0.05) is 17.8 Å². The van der Waals surface area contributed by atoms with Crippen molar-refractivity contribution >= 4 is 60.5 Å². The molecule has 1 unspecified atom stereocenters. The number of imidazole rings is 1. The molecule has 0 aromatic carbocycles. The smallest absolute Gasteiger partial charge is 0.234 e. The number of thiophene rings is 1. The fraction of sp³-hybridized carbons (Fsp3) is 0.350. The van der Waals surface area contributed by atoms with Crippen LogP contribution in [0, 0.1) is 6.92 Å². The fourth-order valence-electron chi connectivity index (χ4n) is 4.30. The largest absolute Gasteiger partial charge is 0.611 e. The van der Waals surface area contributed by atoms with Crippen LogP contribution in [-0.2, 0) is 11.2 Å². The van der Waals surface area contributed by atoms with E-state index in [9.17, 15) is 4.55 Å². The molecule has 0 spiro atoms. The first-order chi connectivity index (χ1) is 14.2. The van der Waals surface area contributed by atoms with Crippen molar-refractivity contribution in [1.82, 2.24) is 24.6 Å². The first kappa shape index (κ1) is 17.9. The van der Waals surface area contributed by atoms with Crippen molar-refractivity contribution < 1.29 is 4.55 Å². The van der Waals surface area contributed by atoms with E-state index in [1.165, 1.54) is 19.3 Å². The van der Waals surface area contributed by atoms with E-state index in [4.69, 9.17) is 4.98 Å². The van der Waals surface area contributed by atoms with Crippen LogP contribution in [0.15, 0.2) is 28.0 Å². The Morgan fingerprint density at radius 1 is 1.24 bits per heavy atom. The molecule has 148 valence electrons. The molecule has 5 heterocycles. The predicted molar refractivity (Wildman–Crippen MR) is 119 cm³/mol. The monoisotopic (exact) mass is 441 g/mol. The molecular formula is C20H19N5OS3. The SMILES string of the molecule is Cc1ncc2c3cc(-c4nccs4)nc4sc([S+]([O-])C5CCCCC5)c([nH]n12)c43. The highest BCUT2D eigenvalue weighted by atomic mass is 32.2. The summed E-state index contributed by atoms with van der Waals surface area (Å²) in [6.07, 6.45) is 9.38. The topological polar surface area (TPSA) is 81.9 Å². The number of aromatic nitrogens is 5. The van der Waals surface area contributed by atoms with Gasteiger partial charge in [0.1, 0.15) is 32.1 Å². The van der Waals surface area contributed by atoms with Gasteiger partial charge in [-0.2, -0.15) is 0 Å². The average Bonchev–Trinajstić information content (AvgIpc) is 3.49. The fourth-order valence-corrected chi connectivity index (χ4v) is 8.17. The summed E-state index contributed by atoms with van der Waals surface area (Å²) in [7, 11) is 0. The van der Waals surface area contributed by atoms with Crippen molar-refractivity contribution in [2.45, 2.75) is 48.5 Å². The number of nitrogens with one attached hydrogen (secondary N) is 1. The summed E-state index contributed by atoms with van der Waals surface area (Å²) in [6, 6.07) is 2.10. The van der Waals surface area contributed by atoms with Crippen LogP contribution in [0.4, 0.5) is 0 Å². The van der Waals surface area contributed by atoms with Gasteiger partial charge in [0.2, 0.25) is 4.21 Å². The first-order valence-electron chi connectivity index (χ1n) is 9.80. The van der Waals surface area contributed by atoms with E-state index in [2.05, 4.69) is 21.1 Å². The maximum atomic E-state index is 13.6. The summed E-state index contributed by atoms with van der Waals surface area (Å²) >= 11 is 2.11. The average molecular weight is 442 g/mol. The van der Waals surface area contributed by atoms with E-state index in [1.54, 1.807) is 28.9 Å². The third kappa shape index (κ3) is 2.75. The zero-order valence-electron chi connectivity index (χ0n) is 15.8. The maximum absolute atomic E-state index is 13.6. The lowest BCUT2D eigenvalue weighted by molar-refractivity contribution is 0.484. The highest BCUT2D eigenvalue weighted by Gasteiger charge is 2.32. The summed E-state index contributed by atoms with van der Waals surface area (Å²) in [5, 5.41) is 8.73. The molecule has 9 heteroatoms. The molecule has 5 aromatic heterocycles. The summed E-state index contributed by atoms with van der Waals surface area (Å²) in [5.41, 5.74) is 2.81. The van der Waals surface area contributed by atoms with Gasteiger partial charge in [-0.25, -0.2) is 19.5 Å².